The monoisotopic (exact) mass is 345 g/mol. The fourth-order valence-corrected chi connectivity index (χ4v) is 3.13. The summed E-state index contributed by atoms with van der Waals surface area (Å²) in [6.45, 7) is 0.0883. The third kappa shape index (κ3) is 3.34. The molecule has 0 aliphatic carbocycles. The largest absolute Gasteiger partial charge is 0.468 e. The summed E-state index contributed by atoms with van der Waals surface area (Å²) in [6, 6.07) is 4.88. The SMILES string of the molecule is CNc1ncc(Br)cc1S(=O)(=O)NCc1ccco1. The maximum absolute atomic E-state index is 12.2. The van der Waals surface area contributed by atoms with Crippen molar-refractivity contribution in [2.45, 2.75) is 11.4 Å². The van der Waals surface area contributed by atoms with Gasteiger partial charge >= 0.3 is 0 Å². The van der Waals surface area contributed by atoms with E-state index >= 15 is 0 Å². The average molecular weight is 346 g/mol. The van der Waals surface area contributed by atoms with Crippen LogP contribution in [-0.4, -0.2) is 20.4 Å². The van der Waals surface area contributed by atoms with E-state index in [1.165, 1.54) is 18.5 Å². The molecule has 6 nitrogen and oxygen atoms in total. The zero-order valence-electron chi connectivity index (χ0n) is 10.1. The molecule has 0 aliphatic rings. The molecular weight excluding hydrogens is 334 g/mol. The number of aromatic nitrogens is 1. The molecule has 0 spiro atoms. The van der Waals surface area contributed by atoms with Crippen molar-refractivity contribution in [3.05, 3.63) is 40.9 Å². The summed E-state index contributed by atoms with van der Waals surface area (Å²) < 4.78 is 32.5. The molecule has 0 atom stereocenters. The number of anilines is 1. The van der Waals surface area contributed by atoms with Gasteiger partial charge in [-0.1, -0.05) is 0 Å². The van der Waals surface area contributed by atoms with E-state index in [9.17, 15) is 8.42 Å². The van der Waals surface area contributed by atoms with E-state index in [1.54, 1.807) is 19.2 Å². The van der Waals surface area contributed by atoms with Crippen LogP contribution >= 0.6 is 15.9 Å². The third-order valence-corrected chi connectivity index (χ3v) is 4.21. The smallest absolute Gasteiger partial charge is 0.244 e. The van der Waals surface area contributed by atoms with E-state index in [2.05, 4.69) is 31.0 Å². The Morgan fingerprint density at radius 2 is 2.26 bits per heavy atom. The Labute approximate surface area is 119 Å². The van der Waals surface area contributed by atoms with Crippen molar-refractivity contribution in [1.82, 2.24) is 9.71 Å². The Morgan fingerprint density at radius 3 is 2.89 bits per heavy atom. The van der Waals surface area contributed by atoms with Crippen LogP contribution in [0.3, 0.4) is 0 Å². The van der Waals surface area contributed by atoms with Crippen molar-refractivity contribution >= 4 is 31.8 Å². The van der Waals surface area contributed by atoms with Gasteiger partial charge in [-0.25, -0.2) is 18.1 Å². The number of furan rings is 1. The molecular formula is C11H12BrN3O3S. The third-order valence-electron chi connectivity index (χ3n) is 2.36. The second-order valence-corrected chi connectivity index (χ2v) is 6.31. The van der Waals surface area contributed by atoms with Crippen LogP contribution in [0.1, 0.15) is 5.76 Å². The highest BCUT2D eigenvalue weighted by atomic mass is 79.9. The van der Waals surface area contributed by atoms with Crippen LogP contribution in [0.15, 0.2) is 44.4 Å². The maximum atomic E-state index is 12.2. The Balaban J connectivity index is 2.26. The summed E-state index contributed by atoms with van der Waals surface area (Å²) in [5, 5.41) is 2.75. The number of nitrogens with zero attached hydrogens (tertiary/aromatic N) is 1. The Hall–Kier alpha value is -1.38. The molecule has 0 aliphatic heterocycles. The van der Waals surface area contributed by atoms with E-state index in [4.69, 9.17) is 4.42 Å². The van der Waals surface area contributed by atoms with Gasteiger partial charge in [0.25, 0.3) is 0 Å². The lowest BCUT2D eigenvalue weighted by Gasteiger charge is -2.10. The lowest BCUT2D eigenvalue weighted by atomic mass is 10.4. The number of halogens is 1. The molecule has 102 valence electrons. The van der Waals surface area contributed by atoms with Gasteiger partial charge in [0, 0.05) is 17.7 Å². The first kappa shape index (κ1) is 14.0. The van der Waals surface area contributed by atoms with Gasteiger partial charge in [-0.05, 0) is 34.1 Å². The van der Waals surface area contributed by atoms with Crippen LogP contribution in [0.4, 0.5) is 5.82 Å². The molecule has 8 heteroatoms. The molecule has 0 unspecified atom stereocenters. The molecule has 2 aromatic heterocycles. The van der Waals surface area contributed by atoms with E-state index in [0.717, 1.165) is 0 Å². The number of pyridine rings is 1. The second-order valence-electron chi connectivity index (χ2n) is 3.65. The normalized spacial score (nSPS) is 11.5. The van der Waals surface area contributed by atoms with Crippen molar-refractivity contribution in [2.75, 3.05) is 12.4 Å². The molecule has 2 rings (SSSR count). The van der Waals surface area contributed by atoms with Crippen molar-refractivity contribution in [2.24, 2.45) is 0 Å². The fraction of sp³-hybridized carbons (Fsp3) is 0.182. The van der Waals surface area contributed by atoms with Crippen molar-refractivity contribution in [3.8, 4) is 0 Å². The molecule has 19 heavy (non-hydrogen) atoms. The molecule has 0 amide bonds. The number of nitrogens with one attached hydrogen (secondary N) is 2. The predicted octanol–water partition coefficient (Wildman–Crippen LogP) is 1.96. The first-order chi connectivity index (χ1) is 9.03. The van der Waals surface area contributed by atoms with Crippen molar-refractivity contribution < 1.29 is 12.8 Å². The maximum Gasteiger partial charge on any atom is 0.244 e. The van der Waals surface area contributed by atoms with Gasteiger partial charge in [0.2, 0.25) is 10.0 Å². The second kappa shape index (κ2) is 5.72. The Bertz CT molecular complexity index is 656. The molecule has 0 aromatic carbocycles. The lowest BCUT2D eigenvalue weighted by molar-refractivity contribution is 0.498. The quantitative estimate of drug-likeness (QED) is 0.865. The first-order valence-electron chi connectivity index (χ1n) is 5.38. The highest BCUT2D eigenvalue weighted by Crippen LogP contribution is 2.22. The van der Waals surface area contributed by atoms with Crippen molar-refractivity contribution in [3.63, 3.8) is 0 Å². The van der Waals surface area contributed by atoms with E-state index in [0.29, 0.717) is 10.2 Å². The van der Waals surface area contributed by atoms with E-state index in [1.807, 2.05) is 0 Å². The topological polar surface area (TPSA) is 84.2 Å². The van der Waals surface area contributed by atoms with Gasteiger partial charge in [-0.2, -0.15) is 0 Å². The molecule has 0 fully saturated rings. The summed E-state index contributed by atoms with van der Waals surface area (Å²) in [6.07, 6.45) is 3.01. The fourth-order valence-electron chi connectivity index (χ4n) is 1.47. The van der Waals surface area contributed by atoms with Crippen molar-refractivity contribution in [1.29, 1.82) is 0 Å². The molecule has 2 N–H and O–H groups in total. The minimum absolute atomic E-state index is 0.0796. The summed E-state index contributed by atoms with van der Waals surface area (Å²) in [7, 11) is -2.05. The first-order valence-corrected chi connectivity index (χ1v) is 7.66. The van der Waals surface area contributed by atoms with Gasteiger partial charge in [0.05, 0.1) is 12.8 Å². The van der Waals surface area contributed by atoms with Crippen LogP contribution in [0.25, 0.3) is 0 Å². The zero-order valence-corrected chi connectivity index (χ0v) is 12.5. The van der Waals surface area contributed by atoms with Crippen LogP contribution in [0.5, 0.6) is 0 Å². The molecule has 0 saturated carbocycles. The van der Waals surface area contributed by atoms with Gasteiger partial charge < -0.3 is 9.73 Å². The number of hydrogen-bond acceptors (Lipinski definition) is 5. The standard InChI is InChI=1S/C11H12BrN3O3S/c1-13-11-10(5-8(12)6-14-11)19(16,17)15-7-9-3-2-4-18-9/h2-6,15H,7H2,1H3,(H,13,14). The van der Waals surface area contributed by atoms with Gasteiger partial charge in [0.15, 0.2) is 0 Å². The van der Waals surface area contributed by atoms with Gasteiger partial charge in [0.1, 0.15) is 16.5 Å². The molecule has 2 aromatic rings. The highest BCUT2D eigenvalue weighted by Gasteiger charge is 2.19. The van der Waals surface area contributed by atoms with Gasteiger partial charge in [-0.15, -0.1) is 0 Å². The Morgan fingerprint density at radius 1 is 1.47 bits per heavy atom. The number of rotatable bonds is 5. The minimum Gasteiger partial charge on any atom is -0.468 e. The van der Waals surface area contributed by atoms with E-state index < -0.39 is 10.0 Å². The molecule has 0 radical (unpaired) electrons. The molecule has 2 heterocycles. The number of hydrogen-bond donors (Lipinski definition) is 2. The summed E-state index contributed by atoms with van der Waals surface area (Å²) in [5.74, 6) is 0.827. The molecule has 0 saturated heterocycles. The van der Waals surface area contributed by atoms with Gasteiger partial charge in [-0.3, -0.25) is 0 Å². The van der Waals surface area contributed by atoms with Crippen LogP contribution in [-0.2, 0) is 16.6 Å². The predicted molar refractivity (Wildman–Crippen MR) is 74.2 cm³/mol. The van der Waals surface area contributed by atoms with Crippen LogP contribution in [0.2, 0.25) is 0 Å². The zero-order chi connectivity index (χ0) is 13.9. The summed E-state index contributed by atoms with van der Waals surface area (Å²) >= 11 is 3.21. The average Bonchev–Trinajstić information content (AvgIpc) is 2.89. The summed E-state index contributed by atoms with van der Waals surface area (Å²) in [4.78, 5) is 4.09. The highest BCUT2D eigenvalue weighted by molar-refractivity contribution is 9.10. The molecule has 0 bridgehead atoms. The summed E-state index contributed by atoms with van der Waals surface area (Å²) in [5.41, 5.74) is 0. The van der Waals surface area contributed by atoms with E-state index in [-0.39, 0.29) is 17.3 Å². The number of sulfonamides is 1. The van der Waals surface area contributed by atoms with Crippen LogP contribution < -0.4 is 10.0 Å². The minimum atomic E-state index is -3.67. The van der Waals surface area contributed by atoms with Crippen LogP contribution in [0, 0.1) is 0 Å². The Kier molecular flexibility index (Phi) is 4.23. The lowest BCUT2D eigenvalue weighted by Crippen LogP contribution is -2.24.